The molecule has 1 unspecified atom stereocenters. The van der Waals surface area contributed by atoms with Crippen LogP contribution in [-0.4, -0.2) is 11.6 Å². The molecule has 1 aliphatic carbocycles. The van der Waals surface area contributed by atoms with Crippen LogP contribution in [0.2, 0.25) is 0 Å². The highest BCUT2D eigenvalue weighted by Gasteiger charge is 2.18. The molecule has 4 nitrogen and oxygen atoms in total. The average Bonchev–Trinajstić information content (AvgIpc) is 2.99. The number of nitrogens with two attached hydrogens (primary N) is 1. The van der Waals surface area contributed by atoms with E-state index in [1.165, 1.54) is 32.1 Å². The Morgan fingerprint density at radius 2 is 2.20 bits per heavy atom. The third-order valence-corrected chi connectivity index (χ3v) is 4.15. The van der Waals surface area contributed by atoms with Gasteiger partial charge in [0.25, 0.3) is 0 Å². The summed E-state index contributed by atoms with van der Waals surface area (Å²) in [4.78, 5) is 4.27. The lowest BCUT2D eigenvalue weighted by atomic mass is 9.96. The van der Waals surface area contributed by atoms with Gasteiger partial charge in [-0.25, -0.2) is 0 Å². The molecule has 20 heavy (non-hydrogen) atoms. The van der Waals surface area contributed by atoms with Gasteiger partial charge in [-0.05, 0) is 36.8 Å². The van der Waals surface area contributed by atoms with Gasteiger partial charge < -0.3 is 4.74 Å². The first-order valence-electron chi connectivity index (χ1n) is 7.87. The van der Waals surface area contributed by atoms with Crippen LogP contribution in [0, 0.1) is 5.92 Å². The minimum atomic E-state index is 0.174. The molecule has 4 heteroatoms. The zero-order chi connectivity index (χ0) is 14.2. The Hall–Kier alpha value is -1.13. The highest BCUT2D eigenvalue weighted by atomic mass is 16.5. The average molecular weight is 277 g/mol. The van der Waals surface area contributed by atoms with Crippen LogP contribution in [0.1, 0.15) is 63.5 Å². The number of pyridine rings is 1. The van der Waals surface area contributed by atoms with Gasteiger partial charge in [0.15, 0.2) is 0 Å². The maximum atomic E-state index is 5.72. The number of ether oxygens (including phenoxy) is 1. The van der Waals surface area contributed by atoms with E-state index in [0.717, 1.165) is 36.7 Å². The van der Waals surface area contributed by atoms with Gasteiger partial charge in [-0.15, -0.1) is 0 Å². The molecule has 1 atom stereocenters. The van der Waals surface area contributed by atoms with E-state index in [2.05, 4.69) is 23.4 Å². The lowest BCUT2D eigenvalue weighted by molar-refractivity contribution is 0.315. The number of aromatic nitrogens is 1. The molecule has 1 aromatic rings. The highest BCUT2D eigenvalue weighted by Crippen LogP contribution is 2.31. The van der Waals surface area contributed by atoms with Crippen LogP contribution in [0.15, 0.2) is 18.5 Å². The van der Waals surface area contributed by atoms with E-state index in [0.29, 0.717) is 0 Å². The lowest BCUT2D eigenvalue weighted by Crippen LogP contribution is -2.28. The normalized spacial score (nSPS) is 17.3. The molecule has 1 saturated carbocycles. The summed E-state index contributed by atoms with van der Waals surface area (Å²) in [7, 11) is 0. The second kappa shape index (κ2) is 8.22. The fraction of sp³-hybridized carbons (Fsp3) is 0.688. The van der Waals surface area contributed by atoms with Crippen molar-refractivity contribution in [2.45, 2.75) is 57.9 Å². The van der Waals surface area contributed by atoms with Crippen molar-refractivity contribution >= 4 is 0 Å². The summed E-state index contributed by atoms with van der Waals surface area (Å²) >= 11 is 0. The minimum absolute atomic E-state index is 0.174. The van der Waals surface area contributed by atoms with E-state index < -0.39 is 0 Å². The van der Waals surface area contributed by atoms with Crippen molar-refractivity contribution in [3.05, 3.63) is 24.0 Å². The molecule has 2 rings (SSSR count). The van der Waals surface area contributed by atoms with Crippen LogP contribution in [0.25, 0.3) is 0 Å². The monoisotopic (exact) mass is 277 g/mol. The van der Waals surface area contributed by atoms with Crippen molar-refractivity contribution in [3.8, 4) is 5.75 Å². The Morgan fingerprint density at radius 1 is 1.40 bits per heavy atom. The Morgan fingerprint density at radius 3 is 2.90 bits per heavy atom. The smallest absolute Gasteiger partial charge is 0.137 e. The van der Waals surface area contributed by atoms with Gasteiger partial charge in [-0.3, -0.25) is 16.3 Å². The second-order valence-electron chi connectivity index (χ2n) is 5.75. The van der Waals surface area contributed by atoms with Gasteiger partial charge in [-0.1, -0.05) is 32.6 Å². The SMILES string of the molecule is CCCOc1cncc(C(CCC2CCCC2)NN)c1. The van der Waals surface area contributed by atoms with Crippen molar-refractivity contribution in [3.63, 3.8) is 0 Å². The largest absolute Gasteiger partial charge is 0.492 e. The molecule has 1 aliphatic rings. The molecule has 0 aromatic carbocycles. The third-order valence-electron chi connectivity index (χ3n) is 4.15. The Bertz CT molecular complexity index is 391. The minimum Gasteiger partial charge on any atom is -0.492 e. The first-order chi connectivity index (χ1) is 9.83. The van der Waals surface area contributed by atoms with E-state index in [-0.39, 0.29) is 6.04 Å². The van der Waals surface area contributed by atoms with Crippen LogP contribution in [-0.2, 0) is 0 Å². The maximum Gasteiger partial charge on any atom is 0.137 e. The summed E-state index contributed by atoms with van der Waals surface area (Å²) in [6, 6.07) is 2.23. The number of hydrogen-bond acceptors (Lipinski definition) is 4. The lowest BCUT2D eigenvalue weighted by Gasteiger charge is -2.18. The Balaban J connectivity index is 1.91. The molecule has 1 fully saturated rings. The predicted octanol–water partition coefficient (Wildman–Crippen LogP) is 3.35. The number of hydrogen-bond donors (Lipinski definition) is 2. The van der Waals surface area contributed by atoms with Gasteiger partial charge >= 0.3 is 0 Å². The van der Waals surface area contributed by atoms with E-state index in [9.17, 15) is 0 Å². The van der Waals surface area contributed by atoms with Gasteiger partial charge in [0.1, 0.15) is 5.75 Å². The van der Waals surface area contributed by atoms with Crippen LogP contribution in [0.5, 0.6) is 5.75 Å². The van der Waals surface area contributed by atoms with Gasteiger partial charge in [0.2, 0.25) is 0 Å². The molecule has 0 aliphatic heterocycles. The predicted molar refractivity (Wildman–Crippen MR) is 81.3 cm³/mol. The van der Waals surface area contributed by atoms with E-state index >= 15 is 0 Å². The first kappa shape index (κ1) is 15.3. The summed E-state index contributed by atoms with van der Waals surface area (Å²) in [5, 5.41) is 0. The van der Waals surface area contributed by atoms with Crippen molar-refractivity contribution in [2.24, 2.45) is 11.8 Å². The summed E-state index contributed by atoms with van der Waals surface area (Å²) in [5.41, 5.74) is 4.05. The summed E-state index contributed by atoms with van der Waals surface area (Å²) in [6.07, 6.45) is 12.5. The van der Waals surface area contributed by atoms with E-state index in [1.807, 2.05) is 6.20 Å². The number of rotatable bonds is 8. The second-order valence-corrected chi connectivity index (χ2v) is 5.75. The molecule has 0 radical (unpaired) electrons. The zero-order valence-electron chi connectivity index (χ0n) is 12.5. The van der Waals surface area contributed by atoms with E-state index in [1.54, 1.807) is 6.20 Å². The summed E-state index contributed by atoms with van der Waals surface area (Å²) in [6.45, 7) is 2.83. The van der Waals surface area contributed by atoms with Crippen molar-refractivity contribution < 1.29 is 4.74 Å². The summed E-state index contributed by atoms with van der Waals surface area (Å²) in [5.74, 6) is 7.45. The van der Waals surface area contributed by atoms with Crippen molar-refractivity contribution in [1.29, 1.82) is 0 Å². The molecule has 1 heterocycles. The van der Waals surface area contributed by atoms with Crippen LogP contribution < -0.4 is 16.0 Å². The first-order valence-corrected chi connectivity index (χ1v) is 7.87. The quantitative estimate of drug-likeness (QED) is 0.565. The Kier molecular flexibility index (Phi) is 6.27. The highest BCUT2D eigenvalue weighted by molar-refractivity contribution is 5.26. The van der Waals surface area contributed by atoms with Gasteiger partial charge in [0, 0.05) is 12.2 Å². The zero-order valence-corrected chi connectivity index (χ0v) is 12.5. The van der Waals surface area contributed by atoms with Crippen LogP contribution in [0.4, 0.5) is 0 Å². The van der Waals surface area contributed by atoms with Crippen LogP contribution >= 0.6 is 0 Å². The fourth-order valence-corrected chi connectivity index (χ4v) is 2.97. The molecule has 0 saturated heterocycles. The van der Waals surface area contributed by atoms with Gasteiger partial charge in [-0.2, -0.15) is 0 Å². The van der Waals surface area contributed by atoms with Crippen molar-refractivity contribution in [2.75, 3.05) is 6.61 Å². The van der Waals surface area contributed by atoms with E-state index in [4.69, 9.17) is 10.6 Å². The van der Waals surface area contributed by atoms with Gasteiger partial charge in [0.05, 0.1) is 12.8 Å². The topological polar surface area (TPSA) is 60.2 Å². The number of hydrazine groups is 1. The Labute approximate surface area is 122 Å². The molecule has 112 valence electrons. The summed E-state index contributed by atoms with van der Waals surface area (Å²) < 4.78 is 5.64. The molecule has 1 aromatic heterocycles. The molecular weight excluding hydrogens is 250 g/mol. The molecule has 0 bridgehead atoms. The van der Waals surface area contributed by atoms with Crippen molar-refractivity contribution in [1.82, 2.24) is 10.4 Å². The molecule has 0 spiro atoms. The number of nitrogens with zero attached hydrogens (tertiary/aromatic N) is 1. The third kappa shape index (κ3) is 4.46. The standard InChI is InChI=1S/C16H27N3O/c1-2-9-20-15-10-14(11-18-12-15)16(19-17)8-7-13-5-3-4-6-13/h10-13,16,19H,2-9,17H2,1H3. The maximum absolute atomic E-state index is 5.72. The molecule has 3 N–H and O–H groups in total. The van der Waals surface area contributed by atoms with Crippen LogP contribution in [0.3, 0.4) is 0 Å². The number of nitrogens with one attached hydrogen (secondary N) is 1. The fourth-order valence-electron chi connectivity index (χ4n) is 2.97. The molecular formula is C16H27N3O. The molecule has 0 amide bonds.